The van der Waals surface area contributed by atoms with Crippen LogP contribution in [-0.4, -0.2) is 15.6 Å². The van der Waals surface area contributed by atoms with E-state index in [2.05, 4.69) is 26.2 Å². The fourth-order valence-electron chi connectivity index (χ4n) is 1.21. The molecule has 1 N–H and O–H groups in total. The molecule has 0 unspecified atom stereocenters. The molecule has 1 aromatic carbocycles. The molecule has 0 radical (unpaired) electrons. The Hall–Kier alpha value is -1.40. The summed E-state index contributed by atoms with van der Waals surface area (Å²) in [5, 5.41) is 2.66. The van der Waals surface area contributed by atoms with Crippen LogP contribution in [0.25, 0.3) is 0 Å². The minimum atomic E-state index is -0.484. The number of hydrogen-bond donors (Lipinski definition) is 1. The zero-order valence-corrected chi connectivity index (χ0v) is 10.7. The molecule has 1 heterocycles. The highest BCUT2D eigenvalue weighted by molar-refractivity contribution is 9.10. The quantitative estimate of drug-likeness (QED) is 0.874. The SMILES string of the molecule is O=C(Nc1c(Cl)cc(F)cc1Br)n1ccnc1. The van der Waals surface area contributed by atoms with Gasteiger partial charge in [0.15, 0.2) is 0 Å². The molecule has 0 aliphatic carbocycles. The van der Waals surface area contributed by atoms with Crippen molar-refractivity contribution < 1.29 is 9.18 Å². The van der Waals surface area contributed by atoms with Gasteiger partial charge in [-0.15, -0.1) is 0 Å². The van der Waals surface area contributed by atoms with Gasteiger partial charge in [-0.05, 0) is 28.1 Å². The molecule has 0 saturated carbocycles. The summed E-state index contributed by atoms with van der Waals surface area (Å²) in [5.74, 6) is -0.484. The lowest BCUT2D eigenvalue weighted by atomic mass is 10.3. The lowest BCUT2D eigenvalue weighted by Crippen LogP contribution is -2.18. The predicted octanol–water partition coefficient (Wildman–Crippen LogP) is 3.52. The number of nitrogens with zero attached hydrogens (tertiary/aromatic N) is 2. The molecule has 88 valence electrons. The van der Waals surface area contributed by atoms with E-state index in [-0.39, 0.29) is 5.02 Å². The van der Waals surface area contributed by atoms with E-state index in [0.29, 0.717) is 10.2 Å². The first kappa shape index (κ1) is 12.1. The van der Waals surface area contributed by atoms with Crippen molar-refractivity contribution in [2.75, 3.05) is 5.32 Å². The third-order valence-corrected chi connectivity index (χ3v) is 2.90. The van der Waals surface area contributed by atoms with Crippen molar-refractivity contribution in [2.45, 2.75) is 0 Å². The highest BCUT2D eigenvalue weighted by Gasteiger charge is 2.12. The summed E-state index contributed by atoms with van der Waals surface area (Å²) in [6, 6.07) is 1.90. The first-order valence-electron chi connectivity index (χ1n) is 4.52. The van der Waals surface area contributed by atoms with E-state index < -0.39 is 11.8 Å². The molecule has 0 aliphatic rings. The van der Waals surface area contributed by atoms with Gasteiger partial charge in [0.05, 0.1) is 10.7 Å². The van der Waals surface area contributed by atoms with Crippen molar-refractivity contribution in [3.05, 3.63) is 46.2 Å². The van der Waals surface area contributed by atoms with Crippen molar-refractivity contribution in [1.82, 2.24) is 9.55 Å². The van der Waals surface area contributed by atoms with Crippen LogP contribution in [0.5, 0.6) is 0 Å². The standard InChI is InChI=1S/C10H6BrClFN3O/c11-7-3-6(13)4-8(12)9(7)15-10(17)16-2-1-14-5-16/h1-5H,(H,15,17). The molecular weight excluding hydrogens is 312 g/mol. The maximum absolute atomic E-state index is 13.0. The number of carbonyl (C=O) groups excluding carboxylic acids is 1. The Morgan fingerprint density at radius 1 is 1.53 bits per heavy atom. The molecule has 0 fully saturated rings. The zero-order chi connectivity index (χ0) is 12.4. The van der Waals surface area contributed by atoms with Gasteiger partial charge in [-0.25, -0.2) is 14.2 Å². The summed E-state index contributed by atoms with van der Waals surface area (Å²) in [6.45, 7) is 0. The van der Waals surface area contributed by atoms with E-state index in [4.69, 9.17) is 11.6 Å². The van der Waals surface area contributed by atoms with Gasteiger partial charge in [0.1, 0.15) is 12.1 Å². The number of amides is 1. The topological polar surface area (TPSA) is 46.9 Å². The van der Waals surface area contributed by atoms with Gasteiger partial charge >= 0.3 is 6.03 Å². The molecular formula is C10H6BrClFN3O. The molecule has 1 amide bonds. The Labute approximate surface area is 110 Å². The average molecular weight is 319 g/mol. The number of nitrogens with one attached hydrogen (secondary N) is 1. The summed E-state index contributed by atoms with van der Waals surface area (Å²) >= 11 is 8.96. The van der Waals surface area contributed by atoms with Crippen LogP contribution in [0, 0.1) is 5.82 Å². The highest BCUT2D eigenvalue weighted by atomic mass is 79.9. The van der Waals surface area contributed by atoms with Crippen LogP contribution in [0.1, 0.15) is 0 Å². The van der Waals surface area contributed by atoms with Crippen LogP contribution in [0.4, 0.5) is 14.9 Å². The van der Waals surface area contributed by atoms with Crippen molar-refractivity contribution in [3.63, 3.8) is 0 Å². The molecule has 4 nitrogen and oxygen atoms in total. The Morgan fingerprint density at radius 3 is 2.88 bits per heavy atom. The second kappa shape index (κ2) is 4.85. The van der Waals surface area contributed by atoms with Gasteiger partial charge in [0.2, 0.25) is 0 Å². The minimum absolute atomic E-state index is 0.116. The van der Waals surface area contributed by atoms with E-state index >= 15 is 0 Å². The summed E-state index contributed by atoms with van der Waals surface area (Å²) in [6.07, 6.45) is 4.31. The Bertz CT molecular complexity index is 536. The number of carbonyl (C=O) groups is 1. The molecule has 2 rings (SSSR count). The molecule has 0 spiro atoms. The Morgan fingerprint density at radius 2 is 2.29 bits per heavy atom. The molecule has 1 aromatic heterocycles. The van der Waals surface area contributed by atoms with Crippen LogP contribution in [0.2, 0.25) is 5.02 Å². The van der Waals surface area contributed by atoms with Crippen LogP contribution < -0.4 is 5.32 Å². The lowest BCUT2D eigenvalue weighted by molar-refractivity contribution is 0.253. The monoisotopic (exact) mass is 317 g/mol. The number of hydrogen-bond acceptors (Lipinski definition) is 2. The largest absolute Gasteiger partial charge is 0.331 e. The minimum Gasteiger partial charge on any atom is -0.305 e. The van der Waals surface area contributed by atoms with E-state index in [1.54, 1.807) is 0 Å². The Balaban J connectivity index is 2.28. The molecule has 7 heteroatoms. The van der Waals surface area contributed by atoms with Crippen LogP contribution in [-0.2, 0) is 0 Å². The van der Waals surface area contributed by atoms with Crippen molar-refractivity contribution in [2.24, 2.45) is 0 Å². The maximum Gasteiger partial charge on any atom is 0.331 e. The second-order valence-electron chi connectivity index (χ2n) is 3.14. The van der Waals surface area contributed by atoms with Gasteiger partial charge < -0.3 is 5.32 Å². The molecule has 0 saturated heterocycles. The Kier molecular flexibility index (Phi) is 3.44. The first-order valence-corrected chi connectivity index (χ1v) is 5.69. The van der Waals surface area contributed by atoms with Crippen molar-refractivity contribution >= 4 is 39.2 Å². The molecule has 0 bridgehead atoms. The zero-order valence-electron chi connectivity index (χ0n) is 8.32. The fraction of sp³-hybridized carbons (Fsp3) is 0. The van der Waals surface area contributed by atoms with Crippen molar-refractivity contribution in [1.29, 1.82) is 0 Å². The van der Waals surface area contributed by atoms with Crippen LogP contribution >= 0.6 is 27.5 Å². The normalized spacial score (nSPS) is 10.3. The summed E-state index contributed by atoms with van der Waals surface area (Å²) in [4.78, 5) is 15.4. The summed E-state index contributed by atoms with van der Waals surface area (Å²) in [7, 11) is 0. The number of halogens is 3. The number of benzene rings is 1. The second-order valence-corrected chi connectivity index (χ2v) is 4.41. The van der Waals surface area contributed by atoms with Gasteiger partial charge in [-0.3, -0.25) is 4.57 Å². The van der Waals surface area contributed by atoms with Gasteiger partial charge in [-0.2, -0.15) is 0 Å². The number of imidazole rings is 1. The predicted molar refractivity (Wildman–Crippen MR) is 65.8 cm³/mol. The van der Waals surface area contributed by atoms with Gasteiger partial charge in [0, 0.05) is 16.9 Å². The number of anilines is 1. The van der Waals surface area contributed by atoms with Crippen LogP contribution in [0.15, 0.2) is 35.3 Å². The first-order chi connectivity index (χ1) is 8.08. The fourth-order valence-corrected chi connectivity index (χ4v) is 2.11. The van der Waals surface area contributed by atoms with E-state index in [1.807, 2.05) is 0 Å². The van der Waals surface area contributed by atoms with E-state index in [0.717, 1.165) is 6.07 Å². The molecule has 0 atom stereocenters. The summed E-state index contributed by atoms with van der Waals surface area (Å²) in [5.41, 5.74) is 0.312. The van der Waals surface area contributed by atoms with E-state index in [1.165, 1.54) is 29.4 Å². The summed E-state index contributed by atoms with van der Waals surface area (Å²) < 4.78 is 14.6. The average Bonchev–Trinajstić information content (AvgIpc) is 2.76. The number of aromatic nitrogens is 2. The third-order valence-electron chi connectivity index (χ3n) is 1.98. The van der Waals surface area contributed by atoms with Gasteiger partial charge in [0.25, 0.3) is 0 Å². The third kappa shape index (κ3) is 2.65. The highest BCUT2D eigenvalue weighted by Crippen LogP contribution is 2.31. The lowest BCUT2D eigenvalue weighted by Gasteiger charge is -2.09. The molecule has 17 heavy (non-hydrogen) atoms. The van der Waals surface area contributed by atoms with Crippen molar-refractivity contribution in [3.8, 4) is 0 Å². The number of rotatable bonds is 1. The molecule has 0 aliphatic heterocycles. The van der Waals surface area contributed by atoms with E-state index in [9.17, 15) is 9.18 Å². The van der Waals surface area contributed by atoms with Crippen LogP contribution in [0.3, 0.4) is 0 Å². The maximum atomic E-state index is 13.0. The molecule has 2 aromatic rings. The smallest absolute Gasteiger partial charge is 0.305 e. The van der Waals surface area contributed by atoms with Gasteiger partial charge in [-0.1, -0.05) is 11.6 Å².